The molecule has 1 saturated heterocycles. The Labute approximate surface area is 132 Å². The number of hydrogen-bond acceptors (Lipinski definition) is 4. The third-order valence-corrected chi connectivity index (χ3v) is 4.25. The van der Waals surface area contributed by atoms with Crippen LogP contribution in [-0.2, 0) is 16.1 Å². The van der Waals surface area contributed by atoms with E-state index in [1.54, 1.807) is 7.11 Å². The fourth-order valence-electron chi connectivity index (χ4n) is 2.98. The average molecular weight is 305 g/mol. The molecule has 2 rings (SSSR count). The van der Waals surface area contributed by atoms with Crippen molar-refractivity contribution < 1.29 is 9.53 Å². The zero-order valence-corrected chi connectivity index (χ0v) is 13.5. The number of ether oxygens (including phenoxy) is 1. The predicted octanol–water partition coefficient (Wildman–Crippen LogP) is 0.987. The molecular formula is C17H27N3O2. The maximum Gasteiger partial charge on any atom is 0.239 e. The highest BCUT2D eigenvalue weighted by atomic mass is 16.5. The lowest BCUT2D eigenvalue weighted by Gasteiger charge is -2.37. The minimum Gasteiger partial charge on any atom is -0.383 e. The van der Waals surface area contributed by atoms with Crippen molar-refractivity contribution in [2.24, 2.45) is 11.7 Å². The maximum atomic E-state index is 12.0. The predicted molar refractivity (Wildman–Crippen MR) is 87.3 cm³/mol. The van der Waals surface area contributed by atoms with Crippen molar-refractivity contribution in [2.45, 2.75) is 32.0 Å². The maximum absolute atomic E-state index is 12.0. The molecule has 1 amide bonds. The van der Waals surface area contributed by atoms with Gasteiger partial charge in [-0.2, -0.15) is 0 Å². The van der Waals surface area contributed by atoms with Crippen molar-refractivity contribution in [1.29, 1.82) is 0 Å². The summed E-state index contributed by atoms with van der Waals surface area (Å²) in [5.41, 5.74) is 7.11. The Hall–Kier alpha value is -1.43. The van der Waals surface area contributed by atoms with Crippen molar-refractivity contribution in [3.8, 4) is 0 Å². The third-order valence-electron chi connectivity index (χ3n) is 4.25. The molecule has 5 heteroatoms. The molecule has 22 heavy (non-hydrogen) atoms. The first kappa shape index (κ1) is 16.9. The lowest BCUT2D eigenvalue weighted by Crippen LogP contribution is -2.54. The molecule has 1 aliphatic heterocycles. The van der Waals surface area contributed by atoms with Crippen LogP contribution in [0, 0.1) is 5.92 Å². The molecule has 1 aliphatic rings. The monoisotopic (exact) mass is 305 g/mol. The molecule has 1 aromatic carbocycles. The Kier molecular flexibility index (Phi) is 6.36. The van der Waals surface area contributed by atoms with E-state index in [0.717, 1.165) is 26.1 Å². The van der Waals surface area contributed by atoms with E-state index in [2.05, 4.69) is 41.4 Å². The third kappa shape index (κ3) is 4.80. The van der Waals surface area contributed by atoms with Crippen LogP contribution in [0.3, 0.4) is 0 Å². The summed E-state index contributed by atoms with van der Waals surface area (Å²) in [4.78, 5) is 14.4. The highest BCUT2D eigenvalue weighted by molar-refractivity contribution is 5.81. The van der Waals surface area contributed by atoms with Crippen molar-refractivity contribution in [2.75, 3.05) is 26.8 Å². The molecule has 3 N–H and O–H groups in total. The summed E-state index contributed by atoms with van der Waals surface area (Å²) in [6.45, 7) is 5.38. The molecule has 3 atom stereocenters. The number of carbonyl (C=O) groups excluding carboxylic acids is 1. The van der Waals surface area contributed by atoms with E-state index in [0.29, 0.717) is 5.92 Å². The van der Waals surface area contributed by atoms with Crippen LogP contribution in [0.5, 0.6) is 0 Å². The molecule has 1 heterocycles. The topological polar surface area (TPSA) is 67.6 Å². The number of hydrogen-bond donors (Lipinski definition) is 2. The highest BCUT2D eigenvalue weighted by Gasteiger charge is 2.28. The van der Waals surface area contributed by atoms with E-state index in [1.807, 2.05) is 6.07 Å². The number of rotatable bonds is 6. The van der Waals surface area contributed by atoms with Gasteiger partial charge in [0.15, 0.2) is 0 Å². The quantitative estimate of drug-likeness (QED) is 0.822. The van der Waals surface area contributed by atoms with Crippen LogP contribution in [0.25, 0.3) is 0 Å². The van der Waals surface area contributed by atoms with Gasteiger partial charge in [-0.1, -0.05) is 37.3 Å². The van der Waals surface area contributed by atoms with Crippen LogP contribution in [0.1, 0.15) is 18.9 Å². The molecule has 1 fully saturated rings. The van der Waals surface area contributed by atoms with E-state index in [-0.39, 0.29) is 18.6 Å². The Morgan fingerprint density at radius 2 is 2.18 bits per heavy atom. The molecule has 122 valence electrons. The SMILES string of the molecule is COCC(N)C(=O)NC1CCN(Cc2ccccc2)CC1C. The Morgan fingerprint density at radius 3 is 2.82 bits per heavy atom. The Balaban J connectivity index is 1.81. The van der Waals surface area contributed by atoms with E-state index >= 15 is 0 Å². The van der Waals surface area contributed by atoms with Gasteiger partial charge in [0, 0.05) is 32.8 Å². The fraction of sp³-hybridized carbons (Fsp3) is 0.588. The van der Waals surface area contributed by atoms with Gasteiger partial charge in [-0.05, 0) is 17.9 Å². The lowest BCUT2D eigenvalue weighted by molar-refractivity contribution is -0.124. The molecular weight excluding hydrogens is 278 g/mol. The number of methoxy groups -OCH3 is 1. The smallest absolute Gasteiger partial charge is 0.239 e. The number of nitrogens with one attached hydrogen (secondary N) is 1. The minimum absolute atomic E-state index is 0.116. The molecule has 0 radical (unpaired) electrons. The molecule has 0 saturated carbocycles. The van der Waals surface area contributed by atoms with E-state index in [9.17, 15) is 4.79 Å². The summed E-state index contributed by atoms with van der Waals surface area (Å²) in [7, 11) is 1.55. The Morgan fingerprint density at radius 1 is 1.45 bits per heavy atom. The molecule has 0 aliphatic carbocycles. The van der Waals surface area contributed by atoms with Crippen LogP contribution >= 0.6 is 0 Å². The van der Waals surface area contributed by atoms with Gasteiger partial charge in [-0.3, -0.25) is 9.69 Å². The molecule has 3 unspecified atom stereocenters. The second-order valence-electron chi connectivity index (χ2n) is 6.16. The van der Waals surface area contributed by atoms with Gasteiger partial charge in [0.1, 0.15) is 6.04 Å². The van der Waals surface area contributed by atoms with E-state index in [1.165, 1.54) is 5.56 Å². The molecule has 0 aromatic heterocycles. The van der Waals surface area contributed by atoms with Crippen molar-refractivity contribution >= 4 is 5.91 Å². The van der Waals surface area contributed by atoms with Crippen molar-refractivity contribution in [1.82, 2.24) is 10.2 Å². The summed E-state index contributed by atoms with van der Waals surface area (Å²) in [6, 6.07) is 10.1. The summed E-state index contributed by atoms with van der Waals surface area (Å²) in [6.07, 6.45) is 0.958. The zero-order chi connectivity index (χ0) is 15.9. The number of amides is 1. The molecule has 5 nitrogen and oxygen atoms in total. The Bertz CT molecular complexity index is 466. The van der Waals surface area contributed by atoms with Crippen molar-refractivity contribution in [3.05, 3.63) is 35.9 Å². The van der Waals surface area contributed by atoms with Gasteiger partial charge < -0.3 is 15.8 Å². The number of nitrogens with two attached hydrogens (primary N) is 1. The fourth-order valence-corrected chi connectivity index (χ4v) is 2.98. The van der Waals surface area contributed by atoms with Gasteiger partial charge in [-0.25, -0.2) is 0 Å². The van der Waals surface area contributed by atoms with E-state index in [4.69, 9.17) is 10.5 Å². The zero-order valence-electron chi connectivity index (χ0n) is 13.5. The lowest BCUT2D eigenvalue weighted by atomic mass is 9.93. The minimum atomic E-state index is -0.584. The first-order valence-electron chi connectivity index (χ1n) is 7.91. The molecule has 0 bridgehead atoms. The second kappa shape index (κ2) is 8.27. The number of carbonyl (C=O) groups is 1. The number of likely N-dealkylation sites (tertiary alicyclic amines) is 1. The van der Waals surface area contributed by atoms with Gasteiger partial charge in [0.2, 0.25) is 5.91 Å². The standard InChI is InChI=1S/C17H27N3O2/c1-13-10-20(11-14-6-4-3-5-7-14)9-8-16(13)19-17(21)15(18)12-22-2/h3-7,13,15-16H,8-12,18H2,1-2H3,(H,19,21). The van der Waals surface area contributed by atoms with Crippen LogP contribution in [0.4, 0.5) is 0 Å². The summed E-state index contributed by atoms with van der Waals surface area (Å²) in [5.74, 6) is 0.298. The summed E-state index contributed by atoms with van der Waals surface area (Å²) < 4.78 is 4.93. The van der Waals surface area contributed by atoms with Crippen molar-refractivity contribution in [3.63, 3.8) is 0 Å². The normalized spacial score (nSPS) is 24.0. The number of nitrogens with zero attached hydrogens (tertiary/aromatic N) is 1. The first-order valence-corrected chi connectivity index (χ1v) is 7.91. The molecule has 1 aromatic rings. The van der Waals surface area contributed by atoms with Crippen LogP contribution in [-0.4, -0.2) is 49.7 Å². The summed E-state index contributed by atoms with van der Waals surface area (Å²) in [5, 5.41) is 3.07. The molecule has 0 spiro atoms. The first-order chi connectivity index (χ1) is 10.6. The van der Waals surface area contributed by atoms with E-state index < -0.39 is 6.04 Å². The van der Waals surface area contributed by atoms with Gasteiger partial charge in [0.05, 0.1) is 6.61 Å². The van der Waals surface area contributed by atoms with Gasteiger partial charge in [0.25, 0.3) is 0 Å². The van der Waals surface area contributed by atoms with Crippen LogP contribution in [0.15, 0.2) is 30.3 Å². The van der Waals surface area contributed by atoms with Crippen LogP contribution < -0.4 is 11.1 Å². The number of benzene rings is 1. The largest absolute Gasteiger partial charge is 0.383 e. The average Bonchev–Trinajstić information content (AvgIpc) is 2.51. The van der Waals surface area contributed by atoms with Gasteiger partial charge in [-0.15, -0.1) is 0 Å². The second-order valence-corrected chi connectivity index (χ2v) is 6.16. The van der Waals surface area contributed by atoms with Crippen LogP contribution in [0.2, 0.25) is 0 Å². The van der Waals surface area contributed by atoms with Gasteiger partial charge >= 0.3 is 0 Å². The summed E-state index contributed by atoms with van der Waals surface area (Å²) >= 11 is 0. The number of piperidine rings is 1. The highest BCUT2D eigenvalue weighted by Crippen LogP contribution is 2.19.